The number of hydrogen-bond donors (Lipinski definition) is 0. The van der Waals surface area contributed by atoms with Crippen molar-refractivity contribution < 1.29 is 26.1 Å². The van der Waals surface area contributed by atoms with Gasteiger partial charge in [0, 0.05) is 16.5 Å². The topological polar surface area (TPSA) is 34.1 Å². The quantitative estimate of drug-likeness (QED) is 0.0465. The summed E-state index contributed by atoms with van der Waals surface area (Å²) in [5, 5.41) is 0. The van der Waals surface area contributed by atoms with E-state index in [1.54, 1.807) is 37.0 Å². The van der Waals surface area contributed by atoms with E-state index in [1.807, 2.05) is 0 Å². The summed E-state index contributed by atoms with van der Waals surface area (Å²) in [7, 11) is 0.508. The molecule has 0 aliphatic carbocycles. The van der Waals surface area contributed by atoms with E-state index in [4.69, 9.17) is 9.59 Å². The fourth-order valence-corrected chi connectivity index (χ4v) is 16.1. The molecule has 5 heteroatoms. The van der Waals surface area contributed by atoms with Gasteiger partial charge in [0.2, 0.25) is 0 Å². The monoisotopic (exact) mass is 855 g/mol. The van der Waals surface area contributed by atoms with Crippen molar-refractivity contribution in [1.29, 1.82) is 0 Å². The van der Waals surface area contributed by atoms with Gasteiger partial charge in [-0.25, -0.2) is 0 Å². The van der Waals surface area contributed by atoms with Gasteiger partial charge < -0.3 is 0 Å². The van der Waals surface area contributed by atoms with E-state index in [2.05, 4.69) is 96.7 Å². The van der Waals surface area contributed by atoms with E-state index < -0.39 is 0 Å². The third-order valence-corrected chi connectivity index (χ3v) is 18.6. The van der Waals surface area contributed by atoms with E-state index in [1.165, 1.54) is 154 Å². The maximum atomic E-state index is 7.50. The summed E-state index contributed by atoms with van der Waals surface area (Å²) in [5.41, 5.74) is 0. The van der Waals surface area contributed by atoms with Gasteiger partial charge in [0.05, 0.1) is 0 Å². The molecule has 2 nitrogen and oxygen atoms in total. The van der Waals surface area contributed by atoms with Gasteiger partial charge in [0.25, 0.3) is 13.6 Å². The fraction of sp³-hybridized carbons (Fsp3) is 0.960. The zero-order chi connectivity index (χ0) is 41.8. The third kappa shape index (κ3) is 41.2. The minimum absolute atomic E-state index is 0. The first-order valence-electron chi connectivity index (χ1n) is 24.1. The van der Waals surface area contributed by atoms with E-state index in [0.717, 1.165) is 35.5 Å². The first kappa shape index (κ1) is 64.8. The molecule has 0 aromatic rings. The van der Waals surface area contributed by atoms with Gasteiger partial charge in [-0.3, -0.25) is 9.59 Å². The zero-order valence-corrected chi connectivity index (χ0v) is 42.5. The number of hydrogen-bond acceptors (Lipinski definition) is 2. The van der Waals surface area contributed by atoms with Crippen LogP contribution in [-0.4, -0.2) is 50.5 Å². The Bertz CT molecular complexity index is 541. The minimum Gasteiger partial charge on any atom is -0.281 e. The Morgan fingerprint density at radius 3 is 0.509 bits per heavy atom. The van der Waals surface area contributed by atoms with Crippen LogP contribution in [0.15, 0.2) is 0 Å². The molecule has 0 amide bonds. The van der Waals surface area contributed by atoms with Gasteiger partial charge in [-0.15, -0.1) is 15.8 Å². The standard InChI is InChI=1S/2C24H51P.2CO.Ni/c2*1-7-13-16-22(10-4)19-25(20-23(11-5)17-14-8-2)21-24(12-6)18-15-9-3;2*1-2;/h2*22-24H,7-21H2,1-6H3;;;. The van der Waals surface area contributed by atoms with E-state index in [0.29, 0.717) is 0 Å². The molecule has 0 aromatic carbocycles. The summed E-state index contributed by atoms with van der Waals surface area (Å²) in [6.45, 7) is 37.8. The predicted octanol–water partition coefficient (Wildman–Crippen LogP) is 17.4. The van der Waals surface area contributed by atoms with Crippen LogP contribution in [0.1, 0.15) is 237 Å². The summed E-state index contributed by atoms with van der Waals surface area (Å²) in [4.78, 5) is 15.0. The average molecular weight is 856 g/mol. The second-order valence-electron chi connectivity index (χ2n) is 16.9. The third-order valence-electron chi connectivity index (χ3n) is 12.4. The Hall–Kier alpha value is 0.694. The molecule has 55 heavy (non-hydrogen) atoms. The molecule has 334 valence electrons. The molecule has 0 spiro atoms. The van der Waals surface area contributed by atoms with Gasteiger partial charge in [-0.2, -0.15) is 0 Å². The first-order chi connectivity index (χ1) is 26.3. The van der Waals surface area contributed by atoms with E-state index >= 15 is 0 Å². The molecule has 0 rings (SSSR count). The predicted molar refractivity (Wildman–Crippen MR) is 254 cm³/mol. The molecule has 0 saturated heterocycles. The molecule has 0 saturated carbocycles. The van der Waals surface area contributed by atoms with Crippen LogP contribution in [0.5, 0.6) is 0 Å². The van der Waals surface area contributed by atoms with Crippen LogP contribution in [0.4, 0.5) is 0 Å². The van der Waals surface area contributed by atoms with Crippen molar-refractivity contribution in [2.24, 2.45) is 35.5 Å². The summed E-state index contributed by atoms with van der Waals surface area (Å²) < 4.78 is 0. The summed E-state index contributed by atoms with van der Waals surface area (Å²) in [5.74, 6) is 6.07. The number of rotatable bonds is 36. The Labute approximate surface area is 363 Å². The Morgan fingerprint density at radius 2 is 0.418 bits per heavy atom. The molecule has 0 heterocycles. The Balaban J connectivity index is -0.000000273. The largest absolute Gasteiger partial charge is 0.281 e. The van der Waals surface area contributed by atoms with Gasteiger partial charge in [-0.1, -0.05) is 237 Å². The van der Waals surface area contributed by atoms with Crippen LogP contribution in [0.2, 0.25) is 0 Å². The van der Waals surface area contributed by atoms with Crippen molar-refractivity contribution in [3.8, 4) is 0 Å². The smallest absolute Gasteiger partial charge is 0.281 e. The molecule has 6 unspecified atom stereocenters. The van der Waals surface area contributed by atoms with Crippen LogP contribution in [-0.2, 0) is 26.1 Å². The van der Waals surface area contributed by atoms with Gasteiger partial charge >= 0.3 is 0 Å². The molecule has 6 atom stereocenters. The molecule has 0 aliphatic heterocycles. The van der Waals surface area contributed by atoms with Crippen molar-refractivity contribution in [2.45, 2.75) is 237 Å². The summed E-state index contributed by atoms with van der Waals surface area (Å²) in [6.07, 6.45) is 43.8. The van der Waals surface area contributed by atoms with Crippen molar-refractivity contribution >= 4 is 29.4 Å². The number of unbranched alkanes of at least 4 members (excludes halogenated alkanes) is 6. The van der Waals surface area contributed by atoms with Crippen LogP contribution in [0, 0.1) is 35.5 Å². The SMILES string of the molecule is CCCCC(CC)CP(CC(CC)CCCC)CC(CC)CCCC.CCCCC(CC)CP(CC(CC)CCCC)CC(CC)CCCC.[C]=O.[C]=O.[Ni]. The van der Waals surface area contributed by atoms with Crippen molar-refractivity contribution in [2.75, 3.05) is 37.0 Å². The van der Waals surface area contributed by atoms with Crippen LogP contribution >= 0.6 is 15.8 Å². The van der Waals surface area contributed by atoms with Crippen LogP contribution in [0.25, 0.3) is 0 Å². The molecule has 4 radical (unpaired) electrons. The molecule has 0 fully saturated rings. The van der Waals surface area contributed by atoms with Gasteiger partial charge in [-0.05, 0) is 72.5 Å². The van der Waals surface area contributed by atoms with E-state index in [-0.39, 0.29) is 32.3 Å². The molecule has 0 aliphatic rings. The summed E-state index contributed by atoms with van der Waals surface area (Å²) in [6, 6.07) is 0. The first-order valence-corrected chi connectivity index (χ1v) is 27.9. The molecule has 0 aromatic heterocycles. The Morgan fingerprint density at radius 1 is 0.291 bits per heavy atom. The molecular formula is C50H102NiO2P2. The summed E-state index contributed by atoms with van der Waals surface area (Å²) >= 11 is 0. The normalized spacial score (nSPS) is 15.2. The molecular weight excluding hydrogens is 753 g/mol. The number of carbonyl (C=O) groups excluding carboxylic acids is 2. The minimum atomic E-state index is 0. The van der Waals surface area contributed by atoms with Crippen molar-refractivity contribution in [3.63, 3.8) is 0 Å². The van der Waals surface area contributed by atoms with Gasteiger partial charge in [0.1, 0.15) is 0 Å². The fourth-order valence-electron chi connectivity index (χ4n) is 8.14. The van der Waals surface area contributed by atoms with Crippen molar-refractivity contribution in [3.05, 3.63) is 0 Å². The average Bonchev–Trinajstić information content (AvgIpc) is 3.22. The van der Waals surface area contributed by atoms with Crippen molar-refractivity contribution in [1.82, 2.24) is 0 Å². The molecule has 0 bridgehead atoms. The maximum Gasteiger partial charge on any atom is 0.281 e. The Kier molecular flexibility index (Phi) is 62.1. The zero-order valence-electron chi connectivity index (χ0n) is 39.7. The second-order valence-corrected chi connectivity index (χ2v) is 21.8. The van der Waals surface area contributed by atoms with Gasteiger partial charge in [0.15, 0.2) is 0 Å². The van der Waals surface area contributed by atoms with E-state index in [9.17, 15) is 0 Å². The second kappa shape index (κ2) is 52.7. The van der Waals surface area contributed by atoms with Crippen LogP contribution < -0.4 is 0 Å². The van der Waals surface area contributed by atoms with Crippen LogP contribution in [0.3, 0.4) is 0 Å². The molecule has 0 N–H and O–H groups in total. The maximum absolute atomic E-state index is 7.50.